The highest BCUT2D eigenvalue weighted by Gasteiger charge is 2.05. The standard InChI is InChI=1S/C13H15ClN2O2/c1-16(13(17)8-14)6-7-18-10-12-4-2-11(9-15)3-5-12/h2-5H,6-8,10H2,1H3. The fraction of sp³-hybridized carbons (Fsp3) is 0.385. The van der Waals surface area contributed by atoms with Gasteiger partial charge in [0.05, 0.1) is 24.8 Å². The summed E-state index contributed by atoms with van der Waals surface area (Å²) >= 11 is 5.43. The van der Waals surface area contributed by atoms with E-state index < -0.39 is 0 Å². The van der Waals surface area contributed by atoms with Crippen molar-refractivity contribution in [1.29, 1.82) is 5.26 Å². The van der Waals surface area contributed by atoms with Crippen molar-refractivity contribution in [1.82, 2.24) is 4.90 Å². The third-order valence-electron chi connectivity index (χ3n) is 2.46. The minimum atomic E-state index is -0.112. The molecular weight excluding hydrogens is 252 g/mol. The lowest BCUT2D eigenvalue weighted by Crippen LogP contribution is -2.30. The van der Waals surface area contributed by atoms with Crippen molar-refractivity contribution >= 4 is 17.5 Å². The van der Waals surface area contributed by atoms with E-state index in [4.69, 9.17) is 21.6 Å². The van der Waals surface area contributed by atoms with Crippen LogP contribution in [0.5, 0.6) is 0 Å². The number of carbonyl (C=O) groups excluding carboxylic acids is 1. The maximum atomic E-state index is 11.2. The number of carbonyl (C=O) groups is 1. The first-order valence-corrected chi connectivity index (χ1v) is 6.07. The lowest BCUT2D eigenvalue weighted by Gasteiger charge is -2.15. The predicted molar refractivity (Wildman–Crippen MR) is 69.2 cm³/mol. The summed E-state index contributed by atoms with van der Waals surface area (Å²) in [5, 5.41) is 8.65. The van der Waals surface area contributed by atoms with Crippen molar-refractivity contribution in [2.75, 3.05) is 26.1 Å². The minimum Gasteiger partial charge on any atom is -0.375 e. The Balaban J connectivity index is 2.25. The van der Waals surface area contributed by atoms with Gasteiger partial charge in [0.2, 0.25) is 5.91 Å². The van der Waals surface area contributed by atoms with Gasteiger partial charge in [0.1, 0.15) is 5.88 Å². The number of nitrogens with zero attached hydrogens (tertiary/aromatic N) is 2. The van der Waals surface area contributed by atoms with Crippen molar-refractivity contribution < 1.29 is 9.53 Å². The summed E-state index contributed by atoms with van der Waals surface area (Å²) in [4.78, 5) is 12.7. The largest absolute Gasteiger partial charge is 0.375 e. The molecule has 1 aromatic rings. The van der Waals surface area contributed by atoms with Crippen LogP contribution in [-0.4, -0.2) is 36.9 Å². The van der Waals surface area contributed by atoms with E-state index in [9.17, 15) is 4.79 Å². The Morgan fingerprint density at radius 1 is 1.44 bits per heavy atom. The number of rotatable bonds is 6. The molecule has 5 heteroatoms. The van der Waals surface area contributed by atoms with Crippen LogP contribution >= 0.6 is 11.6 Å². The summed E-state index contributed by atoms with van der Waals surface area (Å²) in [6.07, 6.45) is 0. The first kappa shape index (κ1) is 14.5. The van der Waals surface area contributed by atoms with E-state index >= 15 is 0 Å². The number of alkyl halides is 1. The molecule has 1 aromatic carbocycles. The van der Waals surface area contributed by atoms with Crippen LogP contribution in [0.15, 0.2) is 24.3 Å². The number of likely N-dealkylation sites (N-methyl/N-ethyl adjacent to an activating group) is 1. The second-order valence-corrected chi connectivity index (χ2v) is 4.08. The summed E-state index contributed by atoms with van der Waals surface area (Å²) in [5.74, 6) is -0.120. The van der Waals surface area contributed by atoms with Crippen LogP contribution in [0.1, 0.15) is 11.1 Å². The molecule has 0 saturated heterocycles. The maximum absolute atomic E-state index is 11.2. The number of hydrogen-bond donors (Lipinski definition) is 0. The van der Waals surface area contributed by atoms with E-state index in [0.717, 1.165) is 5.56 Å². The highest BCUT2D eigenvalue weighted by molar-refractivity contribution is 6.27. The molecule has 0 aliphatic rings. The van der Waals surface area contributed by atoms with E-state index in [-0.39, 0.29) is 11.8 Å². The predicted octanol–water partition coefficient (Wildman–Crippen LogP) is 1.77. The van der Waals surface area contributed by atoms with Gasteiger partial charge in [0.15, 0.2) is 0 Å². The first-order valence-electron chi connectivity index (χ1n) is 5.54. The monoisotopic (exact) mass is 266 g/mol. The Morgan fingerprint density at radius 2 is 2.11 bits per heavy atom. The topological polar surface area (TPSA) is 53.3 Å². The molecule has 0 N–H and O–H groups in total. The van der Waals surface area contributed by atoms with Gasteiger partial charge in [-0.1, -0.05) is 12.1 Å². The molecule has 0 fully saturated rings. The van der Waals surface area contributed by atoms with Crippen LogP contribution in [0.4, 0.5) is 0 Å². The van der Waals surface area contributed by atoms with Gasteiger partial charge >= 0.3 is 0 Å². The van der Waals surface area contributed by atoms with Crippen LogP contribution in [0.3, 0.4) is 0 Å². The van der Waals surface area contributed by atoms with Gasteiger partial charge in [-0.15, -0.1) is 11.6 Å². The third-order valence-corrected chi connectivity index (χ3v) is 2.69. The fourth-order valence-corrected chi connectivity index (χ4v) is 1.50. The summed E-state index contributed by atoms with van der Waals surface area (Å²) in [5.41, 5.74) is 1.63. The van der Waals surface area contributed by atoms with E-state index in [0.29, 0.717) is 25.3 Å². The summed E-state index contributed by atoms with van der Waals surface area (Å²) in [6, 6.07) is 9.27. The zero-order chi connectivity index (χ0) is 13.4. The first-order chi connectivity index (χ1) is 8.67. The molecule has 0 aliphatic carbocycles. The molecule has 0 heterocycles. The number of hydrogen-bond acceptors (Lipinski definition) is 3. The second kappa shape index (κ2) is 7.70. The molecule has 0 radical (unpaired) electrons. The molecule has 0 bridgehead atoms. The SMILES string of the molecule is CN(CCOCc1ccc(C#N)cc1)C(=O)CCl. The molecule has 1 rings (SSSR count). The molecule has 18 heavy (non-hydrogen) atoms. The van der Waals surface area contributed by atoms with Crippen molar-refractivity contribution in [2.24, 2.45) is 0 Å². The Kier molecular flexibility index (Phi) is 6.20. The molecule has 0 spiro atoms. The molecule has 96 valence electrons. The minimum absolute atomic E-state index is 0.00782. The van der Waals surface area contributed by atoms with E-state index in [2.05, 4.69) is 6.07 Å². The molecule has 1 amide bonds. The highest BCUT2D eigenvalue weighted by atomic mass is 35.5. The summed E-state index contributed by atoms with van der Waals surface area (Å²) in [7, 11) is 1.69. The van der Waals surface area contributed by atoms with E-state index in [1.807, 2.05) is 12.1 Å². The summed E-state index contributed by atoms with van der Waals surface area (Å²) in [6.45, 7) is 1.44. The smallest absolute Gasteiger partial charge is 0.237 e. The van der Waals surface area contributed by atoms with Gasteiger partial charge < -0.3 is 9.64 Å². The molecule has 0 aliphatic heterocycles. The number of nitriles is 1. The Bertz CT molecular complexity index is 426. The molecule has 0 atom stereocenters. The average Bonchev–Trinajstić information content (AvgIpc) is 2.43. The maximum Gasteiger partial charge on any atom is 0.237 e. The van der Waals surface area contributed by atoms with Crippen LogP contribution in [0, 0.1) is 11.3 Å². The zero-order valence-electron chi connectivity index (χ0n) is 10.2. The number of amides is 1. The van der Waals surface area contributed by atoms with Crippen LogP contribution in [-0.2, 0) is 16.1 Å². The number of ether oxygens (including phenoxy) is 1. The van der Waals surface area contributed by atoms with Crippen molar-refractivity contribution in [3.8, 4) is 6.07 Å². The Labute approximate surface area is 112 Å². The molecule has 4 nitrogen and oxygen atoms in total. The van der Waals surface area contributed by atoms with Gasteiger partial charge in [-0.25, -0.2) is 0 Å². The van der Waals surface area contributed by atoms with Gasteiger partial charge in [-0.05, 0) is 17.7 Å². The zero-order valence-corrected chi connectivity index (χ0v) is 11.0. The highest BCUT2D eigenvalue weighted by Crippen LogP contribution is 2.04. The number of halogens is 1. The van der Waals surface area contributed by atoms with E-state index in [1.165, 1.54) is 4.90 Å². The fourth-order valence-electron chi connectivity index (χ4n) is 1.29. The van der Waals surface area contributed by atoms with Gasteiger partial charge in [-0.2, -0.15) is 5.26 Å². The number of benzene rings is 1. The van der Waals surface area contributed by atoms with Crippen molar-refractivity contribution in [3.63, 3.8) is 0 Å². The molecule has 0 aromatic heterocycles. The van der Waals surface area contributed by atoms with Crippen LogP contribution in [0.2, 0.25) is 0 Å². The Hall–Kier alpha value is -1.57. The van der Waals surface area contributed by atoms with Gasteiger partial charge in [0, 0.05) is 13.6 Å². The molecular formula is C13H15ClN2O2. The van der Waals surface area contributed by atoms with Gasteiger partial charge in [-0.3, -0.25) is 4.79 Å². The lowest BCUT2D eigenvalue weighted by atomic mass is 10.2. The van der Waals surface area contributed by atoms with Gasteiger partial charge in [0.25, 0.3) is 0 Å². The molecule has 0 unspecified atom stereocenters. The van der Waals surface area contributed by atoms with Crippen molar-refractivity contribution in [2.45, 2.75) is 6.61 Å². The average molecular weight is 267 g/mol. The second-order valence-electron chi connectivity index (χ2n) is 3.81. The third kappa shape index (κ3) is 4.74. The molecule has 0 saturated carbocycles. The van der Waals surface area contributed by atoms with E-state index in [1.54, 1.807) is 19.2 Å². The quantitative estimate of drug-likeness (QED) is 0.582. The lowest BCUT2D eigenvalue weighted by molar-refractivity contribution is -0.127. The normalized spacial score (nSPS) is 9.83. The van der Waals surface area contributed by atoms with Crippen molar-refractivity contribution in [3.05, 3.63) is 35.4 Å². The Morgan fingerprint density at radius 3 is 2.67 bits per heavy atom. The van der Waals surface area contributed by atoms with Crippen LogP contribution in [0.25, 0.3) is 0 Å². The summed E-state index contributed by atoms with van der Waals surface area (Å²) < 4.78 is 5.44. The van der Waals surface area contributed by atoms with Crippen LogP contribution < -0.4 is 0 Å².